The number of nitrogens with two attached hydrogens (primary N) is 1. The topological polar surface area (TPSA) is 35.2 Å². The number of methoxy groups -OCH3 is 1. The van der Waals surface area contributed by atoms with E-state index in [1.54, 1.807) is 7.11 Å². The Morgan fingerprint density at radius 2 is 2.24 bits per heavy atom. The van der Waals surface area contributed by atoms with Gasteiger partial charge in [-0.25, -0.2) is 0 Å². The second-order valence-electron chi connectivity index (χ2n) is 4.96. The molecule has 2 atom stereocenters. The van der Waals surface area contributed by atoms with Gasteiger partial charge in [0, 0.05) is 10.8 Å². The quantitative estimate of drug-likeness (QED) is 0.895. The van der Waals surface area contributed by atoms with Gasteiger partial charge in [0.1, 0.15) is 5.75 Å². The summed E-state index contributed by atoms with van der Waals surface area (Å²) >= 11 is 2.01. The van der Waals surface area contributed by atoms with E-state index >= 15 is 0 Å². The summed E-state index contributed by atoms with van der Waals surface area (Å²) < 4.78 is 5.43. The SMILES string of the molecule is COc1ccc(C(N)C2(C)CCCS2)c(C)c1. The second-order valence-corrected chi connectivity index (χ2v) is 6.59. The summed E-state index contributed by atoms with van der Waals surface area (Å²) in [5, 5.41) is 0. The molecule has 1 aliphatic rings. The standard InChI is InChI=1S/C14H21NOS/c1-10-9-11(16-3)5-6-12(10)13(15)14(2)7-4-8-17-14/h5-6,9,13H,4,7-8,15H2,1-3H3. The van der Waals surface area contributed by atoms with E-state index in [1.807, 2.05) is 17.8 Å². The van der Waals surface area contributed by atoms with Crippen LogP contribution in [-0.4, -0.2) is 17.6 Å². The van der Waals surface area contributed by atoms with Crippen molar-refractivity contribution in [2.45, 2.75) is 37.5 Å². The molecule has 2 rings (SSSR count). The van der Waals surface area contributed by atoms with Gasteiger partial charge in [-0.2, -0.15) is 11.8 Å². The maximum atomic E-state index is 6.47. The largest absolute Gasteiger partial charge is 0.497 e. The van der Waals surface area contributed by atoms with Crippen LogP contribution in [0.25, 0.3) is 0 Å². The molecule has 0 aliphatic carbocycles. The van der Waals surface area contributed by atoms with E-state index < -0.39 is 0 Å². The molecule has 1 aliphatic heterocycles. The fourth-order valence-corrected chi connectivity index (χ4v) is 3.85. The fraction of sp³-hybridized carbons (Fsp3) is 0.571. The van der Waals surface area contributed by atoms with Crippen molar-refractivity contribution in [3.63, 3.8) is 0 Å². The summed E-state index contributed by atoms with van der Waals surface area (Å²) in [7, 11) is 1.70. The van der Waals surface area contributed by atoms with Gasteiger partial charge < -0.3 is 10.5 Å². The van der Waals surface area contributed by atoms with Crippen LogP contribution in [0.15, 0.2) is 18.2 Å². The molecule has 0 saturated carbocycles. The van der Waals surface area contributed by atoms with Crippen molar-refractivity contribution >= 4 is 11.8 Å². The Bertz CT molecular complexity index is 399. The van der Waals surface area contributed by atoms with Crippen LogP contribution in [0.5, 0.6) is 5.75 Å². The van der Waals surface area contributed by atoms with Crippen LogP contribution in [-0.2, 0) is 0 Å². The van der Waals surface area contributed by atoms with Crippen LogP contribution in [0.4, 0.5) is 0 Å². The summed E-state index contributed by atoms with van der Waals surface area (Å²) in [6.45, 7) is 4.40. The summed E-state index contributed by atoms with van der Waals surface area (Å²) in [5.74, 6) is 2.14. The van der Waals surface area contributed by atoms with E-state index in [4.69, 9.17) is 10.5 Å². The lowest BCUT2D eigenvalue weighted by atomic mass is 9.89. The Hall–Kier alpha value is -0.670. The second kappa shape index (κ2) is 4.91. The molecule has 2 unspecified atom stereocenters. The molecule has 0 aromatic heterocycles. The number of hydrogen-bond donors (Lipinski definition) is 1. The highest BCUT2D eigenvalue weighted by Gasteiger charge is 2.37. The van der Waals surface area contributed by atoms with Gasteiger partial charge in [0.2, 0.25) is 0 Å². The molecule has 94 valence electrons. The molecule has 0 spiro atoms. The highest BCUT2D eigenvalue weighted by molar-refractivity contribution is 8.00. The van der Waals surface area contributed by atoms with Crippen LogP contribution in [0.2, 0.25) is 0 Å². The normalized spacial score (nSPS) is 25.9. The maximum Gasteiger partial charge on any atom is 0.119 e. The van der Waals surface area contributed by atoms with Gasteiger partial charge in [0.15, 0.2) is 0 Å². The first-order valence-electron chi connectivity index (χ1n) is 6.11. The van der Waals surface area contributed by atoms with Gasteiger partial charge in [-0.05, 0) is 55.7 Å². The van der Waals surface area contributed by atoms with Gasteiger partial charge in [-0.3, -0.25) is 0 Å². The minimum atomic E-state index is 0.112. The third-order valence-corrected chi connectivity index (χ3v) is 5.33. The molecule has 17 heavy (non-hydrogen) atoms. The molecule has 0 amide bonds. The minimum absolute atomic E-state index is 0.112. The molecule has 2 nitrogen and oxygen atoms in total. The van der Waals surface area contributed by atoms with Crippen molar-refractivity contribution in [3.8, 4) is 5.75 Å². The predicted molar refractivity (Wildman–Crippen MR) is 74.8 cm³/mol. The van der Waals surface area contributed by atoms with E-state index in [9.17, 15) is 0 Å². The Kier molecular flexibility index (Phi) is 3.69. The Labute approximate surface area is 108 Å². The average Bonchev–Trinajstić information content (AvgIpc) is 2.76. The van der Waals surface area contributed by atoms with E-state index in [0.717, 1.165) is 5.75 Å². The Balaban J connectivity index is 2.27. The zero-order chi connectivity index (χ0) is 12.5. The summed E-state index contributed by atoms with van der Waals surface area (Å²) in [6.07, 6.45) is 2.49. The first-order chi connectivity index (χ1) is 8.07. The third kappa shape index (κ3) is 2.45. The van der Waals surface area contributed by atoms with Crippen LogP contribution in [0.3, 0.4) is 0 Å². The molecular weight excluding hydrogens is 230 g/mol. The van der Waals surface area contributed by atoms with Gasteiger partial charge in [-0.15, -0.1) is 0 Å². The Morgan fingerprint density at radius 1 is 1.47 bits per heavy atom. The van der Waals surface area contributed by atoms with Crippen LogP contribution >= 0.6 is 11.8 Å². The number of benzene rings is 1. The smallest absolute Gasteiger partial charge is 0.119 e. The molecule has 0 radical (unpaired) electrons. The molecule has 1 aromatic carbocycles. The van der Waals surface area contributed by atoms with Crippen molar-refractivity contribution in [2.24, 2.45) is 5.73 Å². The lowest BCUT2D eigenvalue weighted by Crippen LogP contribution is -2.33. The first kappa shape index (κ1) is 12.8. The minimum Gasteiger partial charge on any atom is -0.497 e. The lowest BCUT2D eigenvalue weighted by Gasteiger charge is -2.31. The van der Waals surface area contributed by atoms with Gasteiger partial charge in [0.05, 0.1) is 7.11 Å². The van der Waals surface area contributed by atoms with Gasteiger partial charge >= 0.3 is 0 Å². The van der Waals surface area contributed by atoms with E-state index in [-0.39, 0.29) is 10.8 Å². The zero-order valence-corrected chi connectivity index (χ0v) is 11.6. The molecule has 2 N–H and O–H groups in total. The van der Waals surface area contributed by atoms with Gasteiger partial charge in [0.25, 0.3) is 0 Å². The van der Waals surface area contributed by atoms with Gasteiger partial charge in [-0.1, -0.05) is 6.07 Å². The zero-order valence-electron chi connectivity index (χ0n) is 10.8. The third-order valence-electron chi connectivity index (χ3n) is 3.72. The van der Waals surface area contributed by atoms with E-state index in [1.165, 1.54) is 29.7 Å². The molecule has 3 heteroatoms. The maximum absolute atomic E-state index is 6.47. The van der Waals surface area contributed by atoms with Crippen LogP contribution in [0, 0.1) is 6.92 Å². The van der Waals surface area contributed by atoms with E-state index in [0.29, 0.717) is 0 Å². The number of rotatable bonds is 3. The summed E-state index contributed by atoms with van der Waals surface area (Å²) in [4.78, 5) is 0. The molecule has 1 aromatic rings. The van der Waals surface area contributed by atoms with Crippen LogP contribution < -0.4 is 10.5 Å². The monoisotopic (exact) mass is 251 g/mol. The summed E-state index contributed by atoms with van der Waals surface area (Å²) in [6, 6.07) is 6.30. The number of aryl methyl sites for hydroxylation is 1. The van der Waals surface area contributed by atoms with Crippen molar-refractivity contribution in [1.29, 1.82) is 0 Å². The van der Waals surface area contributed by atoms with Crippen LogP contribution in [0.1, 0.15) is 36.9 Å². The first-order valence-corrected chi connectivity index (χ1v) is 7.09. The van der Waals surface area contributed by atoms with Crippen molar-refractivity contribution in [2.75, 3.05) is 12.9 Å². The molecule has 1 fully saturated rings. The highest BCUT2D eigenvalue weighted by atomic mass is 32.2. The lowest BCUT2D eigenvalue weighted by molar-refractivity contribution is 0.413. The van der Waals surface area contributed by atoms with Crippen molar-refractivity contribution in [1.82, 2.24) is 0 Å². The molecule has 0 bridgehead atoms. The number of ether oxygens (including phenoxy) is 1. The number of thioether (sulfide) groups is 1. The average molecular weight is 251 g/mol. The fourth-order valence-electron chi connectivity index (χ4n) is 2.50. The highest BCUT2D eigenvalue weighted by Crippen LogP contribution is 2.46. The van der Waals surface area contributed by atoms with Crippen molar-refractivity contribution < 1.29 is 4.74 Å². The summed E-state index contributed by atoms with van der Waals surface area (Å²) in [5.41, 5.74) is 8.95. The van der Waals surface area contributed by atoms with Crippen molar-refractivity contribution in [3.05, 3.63) is 29.3 Å². The molecular formula is C14H21NOS. The predicted octanol–water partition coefficient (Wildman–Crippen LogP) is 3.29. The number of hydrogen-bond acceptors (Lipinski definition) is 3. The Morgan fingerprint density at radius 3 is 2.76 bits per heavy atom. The van der Waals surface area contributed by atoms with E-state index in [2.05, 4.69) is 26.0 Å². The molecule has 1 heterocycles. The molecule has 1 saturated heterocycles.